The van der Waals surface area contributed by atoms with Crippen LogP contribution < -0.4 is 0 Å². The summed E-state index contributed by atoms with van der Waals surface area (Å²) in [4.78, 5) is 0. The zero-order chi connectivity index (χ0) is 8.77. The van der Waals surface area contributed by atoms with Crippen LogP contribution in [-0.4, -0.2) is 33.1 Å². The standard InChI is InChI=1S/C9H15FO2/c1-11-5-9-4-6(9)3-7(10)8(9)12-2/h6-8H,3-5H2,1-2H3/t6-,7+,8-,9?/m0/s1. The maximum atomic E-state index is 13.3. The number of rotatable bonds is 3. The summed E-state index contributed by atoms with van der Waals surface area (Å²) in [6.07, 6.45) is 0.757. The van der Waals surface area contributed by atoms with E-state index < -0.39 is 6.17 Å². The molecule has 2 fully saturated rings. The van der Waals surface area contributed by atoms with Gasteiger partial charge in [-0.25, -0.2) is 4.39 Å². The van der Waals surface area contributed by atoms with E-state index in [4.69, 9.17) is 9.47 Å². The Labute approximate surface area is 72.0 Å². The van der Waals surface area contributed by atoms with Gasteiger partial charge in [0.2, 0.25) is 0 Å². The number of methoxy groups -OCH3 is 2. The summed E-state index contributed by atoms with van der Waals surface area (Å²) in [5, 5.41) is 0. The lowest BCUT2D eigenvalue weighted by atomic mass is 10.0. The van der Waals surface area contributed by atoms with Gasteiger partial charge >= 0.3 is 0 Å². The molecule has 0 radical (unpaired) electrons. The molecular weight excluding hydrogens is 159 g/mol. The Kier molecular flexibility index (Phi) is 1.88. The molecule has 12 heavy (non-hydrogen) atoms. The minimum absolute atomic E-state index is 0.0307. The predicted octanol–water partition coefficient (Wildman–Crippen LogP) is 1.40. The van der Waals surface area contributed by atoms with Gasteiger partial charge in [-0.15, -0.1) is 0 Å². The molecule has 1 unspecified atom stereocenters. The van der Waals surface area contributed by atoms with Gasteiger partial charge in [-0.05, 0) is 18.8 Å². The van der Waals surface area contributed by atoms with Gasteiger partial charge in [0.1, 0.15) is 6.17 Å². The van der Waals surface area contributed by atoms with Crippen LogP contribution in [-0.2, 0) is 9.47 Å². The molecule has 3 heteroatoms. The fraction of sp³-hybridized carbons (Fsp3) is 1.00. The van der Waals surface area contributed by atoms with Crippen LogP contribution in [0.25, 0.3) is 0 Å². The summed E-state index contributed by atoms with van der Waals surface area (Å²) in [5.41, 5.74) is 0.0307. The summed E-state index contributed by atoms with van der Waals surface area (Å²) < 4.78 is 23.5. The molecule has 2 aliphatic rings. The minimum atomic E-state index is -0.774. The van der Waals surface area contributed by atoms with Crippen molar-refractivity contribution in [2.24, 2.45) is 11.3 Å². The molecule has 2 rings (SSSR count). The Bertz CT molecular complexity index is 185. The molecule has 0 aromatic rings. The zero-order valence-corrected chi connectivity index (χ0v) is 7.55. The number of ether oxygens (including phenoxy) is 2. The Morgan fingerprint density at radius 2 is 2.25 bits per heavy atom. The van der Waals surface area contributed by atoms with E-state index >= 15 is 0 Å². The average molecular weight is 174 g/mol. The molecule has 2 aliphatic carbocycles. The molecule has 4 atom stereocenters. The smallest absolute Gasteiger partial charge is 0.127 e. The minimum Gasteiger partial charge on any atom is -0.384 e. The van der Waals surface area contributed by atoms with E-state index in [2.05, 4.69) is 0 Å². The highest BCUT2D eigenvalue weighted by molar-refractivity contribution is 5.15. The number of hydrogen-bond acceptors (Lipinski definition) is 2. The zero-order valence-electron chi connectivity index (χ0n) is 7.55. The number of halogens is 1. The maximum Gasteiger partial charge on any atom is 0.127 e. The third-order valence-corrected chi connectivity index (χ3v) is 3.35. The highest BCUT2D eigenvalue weighted by atomic mass is 19.1. The van der Waals surface area contributed by atoms with Crippen LogP contribution in [0, 0.1) is 11.3 Å². The first kappa shape index (κ1) is 8.45. The van der Waals surface area contributed by atoms with Gasteiger partial charge in [0.15, 0.2) is 0 Å². The van der Waals surface area contributed by atoms with Gasteiger partial charge in [0.05, 0.1) is 12.7 Å². The van der Waals surface area contributed by atoms with Crippen molar-refractivity contribution in [1.29, 1.82) is 0 Å². The number of fused-ring (bicyclic) bond motifs is 1. The molecule has 0 aromatic heterocycles. The fourth-order valence-electron chi connectivity index (χ4n) is 2.73. The van der Waals surface area contributed by atoms with Crippen molar-refractivity contribution in [3.05, 3.63) is 0 Å². The molecular formula is C9H15FO2. The quantitative estimate of drug-likeness (QED) is 0.643. The lowest BCUT2D eigenvalue weighted by molar-refractivity contribution is -0.0254. The first-order valence-corrected chi connectivity index (χ1v) is 4.40. The van der Waals surface area contributed by atoms with Crippen molar-refractivity contribution in [3.63, 3.8) is 0 Å². The van der Waals surface area contributed by atoms with Crippen LogP contribution in [0.2, 0.25) is 0 Å². The molecule has 0 bridgehead atoms. The van der Waals surface area contributed by atoms with Gasteiger partial charge in [0.25, 0.3) is 0 Å². The molecule has 0 aromatic carbocycles. The topological polar surface area (TPSA) is 18.5 Å². The molecule has 0 saturated heterocycles. The van der Waals surface area contributed by atoms with Crippen molar-refractivity contribution in [3.8, 4) is 0 Å². The summed E-state index contributed by atoms with van der Waals surface area (Å²) in [5.74, 6) is 0.511. The monoisotopic (exact) mass is 174 g/mol. The van der Waals surface area contributed by atoms with E-state index in [-0.39, 0.29) is 11.5 Å². The molecule has 2 nitrogen and oxygen atoms in total. The lowest BCUT2D eigenvalue weighted by Gasteiger charge is -2.22. The maximum absolute atomic E-state index is 13.3. The van der Waals surface area contributed by atoms with Gasteiger partial charge in [-0.3, -0.25) is 0 Å². The van der Waals surface area contributed by atoms with Crippen molar-refractivity contribution in [1.82, 2.24) is 0 Å². The molecule has 0 aliphatic heterocycles. The van der Waals surface area contributed by atoms with Gasteiger partial charge < -0.3 is 9.47 Å². The van der Waals surface area contributed by atoms with E-state index in [0.717, 1.165) is 6.42 Å². The Morgan fingerprint density at radius 1 is 1.50 bits per heavy atom. The van der Waals surface area contributed by atoms with E-state index in [0.29, 0.717) is 18.9 Å². The molecule has 0 amide bonds. The van der Waals surface area contributed by atoms with Crippen molar-refractivity contribution < 1.29 is 13.9 Å². The van der Waals surface area contributed by atoms with Crippen LogP contribution in [0.15, 0.2) is 0 Å². The highest BCUT2D eigenvalue weighted by Crippen LogP contribution is 2.64. The lowest BCUT2D eigenvalue weighted by Crippen LogP contribution is -2.32. The van der Waals surface area contributed by atoms with Gasteiger partial charge in [0, 0.05) is 19.6 Å². The van der Waals surface area contributed by atoms with E-state index in [9.17, 15) is 4.39 Å². The first-order chi connectivity index (χ1) is 5.74. The molecule has 0 heterocycles. The Hall–Kier alpha value is -0.150. The van der Waals surface area contributed by atoms with E-state index in [1.54, 1.807) is 14.2 Å². The molecule has 0 spiro atoms. The Balaban J connectivity index is 2.07. The fourth-order valence-corrected chi connectivity index (χ4v) is 2.73. The first-order valence-electron chi connectivity index (χ1n) is 4.40. The third kappa shape index (κ3) is 0.927. The summed E-state index contributed by atoms with van der Waals surface area (Å²) >= 11 is 0. The van der Waals surface area contributed by atoms with Crippen LogP contribution in [0.3, 0.4) is 0 Å². The van der Waals surface area contributed by atoms with Crippen LogP contribution in [0.5, 0.6) is 0 Å². The summed E-state index contributed by atoms with van der Waals surface area (Å²) in [6.45, 7) is 0.649. The average Bonchev–Trinajstić information content (AvgIpc) is 2.59. The van der Waals surface area contributed by atoms with Crippen LogP contribution in [0.1, 0.15) is 12.8 Å². The second kappa shape index (κ2) is 2.67. The second-order valence-corrected chi connectivity index (χ2v) is 3.98. The van der Waals surface area contributed by atoms with Crippen LogP contribution >= 0.6 is 0 Å². The number of alkyl halides is 1. The van der Waals surface area contributed by atoms with E-state index in [1.165, 1.54) is 0 Å². The molecule has 2 saturated carbocycles. The number of hydrogen-bond donors (Lipinski definition) is 0. The van der Waals surface area contributed by atoms with E-state index in [1.807, 2.05) is 0 Å². The molecule has 0 N–H and O–H groups in total. The molecule has 70 valence electrons. The second-order valence-electron chi connectivity index (χ2n) is 3.98. The highest BCUT2D eigenvalue weighted by Gasteiger charge is 2.67. The summed E-state index contributed by atoms with van der Waals surface area (Å²) in [6, 6.07) is 0. The normalized spacial score (nSPS) is 50.8. The summed E-state index contributed by atoms with van der Waals surface area (Å²) in [7, 11) is 3.26. The Morgan fingerprint density at radius 3 is 2.83 bits per heavy atom. The van der Waals surface area contributed by atoms with Crippen molar-refractivity contribution in [2.75, 3.05) is 20.8 Å². The van der Waals surface area contributed by atoms with Crippen molar-refractivity contribution in [2.45, 2.75) is 25.1 Å². The van der Waals surface area contributed by atoms with Crippen molar-refractivity contribution >= 4 is 0 Å². The van der Waals surface area contributed by atoms with Crippen LogP contribution in [0.4, 0.5) is 4.39 Å². The van der Waals surface area contributed by atoms with Gasteiger partial charge in [-0.1, -0.05) is 0 Å². The SMILES string of the molecule is COCC12C[C@@H]1C[C@@H](F)[C@@H]2OC. The third-order valence-electron chi connectivity index (χ3n) is 3.35. The largest absolute Gasteiger partial charge is 0.384 e. The van der Waals surface area contributed by atoms with Gasteiger partial charge in [-0.2, -0.15) is 0 Å². The predicted molar refractivity (Wildman–Crippen MR) is 42.7 cm³/mol.